The molecule has 38 heavy (non-hydrogen) atoms. The molecule has 218 valence electrons. The molecule has 4 atom stereocenters. The molecule has 0 aliphatic carbocycles. The largest absolute Gasteiger partial charge is 0.480 e. The van der Waals surface area contributed by atoms with Gasteiger partial charge in [0.1, 0.15) is 18.1 Å². The van der Waals surface area contributed by atoms with E-state index in [2.05, 4.69) is 20.9 Å². The van der Waals surface area contributed by atoms with Crippen molar-refractivity contribution in [3.8, 4) is 0 Å². The van der Waals surface area contributed by atoms with E-state index in [4.69, 9.17) is 28.7 Å². The normalized spacial score (nSPS) is 13.9. The molecule has 0 aliphatic heterocycles. The van der Waals surface area contributed by atoms with Crippen LogP contribution in [-0.4, -0.2) is 89.9 Å². The first kappa shape index (κ1) is 34.9. The number of rotatable bonds is 21. The number of nitrogens with zero attached hydrogens (tertiary/aromatic N) is 1. The fraction of sp³-hybridized carbons (Fsp3) is 0.727. The lowest BCUT2D eigenvalue weighted by atomic mass is 10.1. The number of nitrogens with two attached hydrogens (primary N) is 5. The summed E-state index contributed by atoms with van der Waals surface area (Å²) in [5, 5.41) is 17.1. The van der Waals surface area contributed by atoms with Gasteiger partial charge in [-0.15, -0.1) is 0 Å². The molecule has 0 fully saturated rings. The Bertz CT molecular complexity index is 810. The first-order valence-electron chi connectivity index (χ1n) is 12.3. The number of thioether (sulfide) groups is 1. The summed E-state index contributed by atoms with van der Waals surface area (Å²) in [6.45, 7) is 0.571. The van der Waals surface area contributed by atoms with E-state index in [1.807, 2.05) is 6.26 Å². The summed E-state index contributed by atoms with van der Waals surface area (Å²) in [7, 11) is 0. The van der Waals surface area contributed by atoms with Gasteiger partial charge < -0.3 is 49.7 Å². The lowest BCUT2D eigenvalue weighted by molar-refractivity contribution is -0.142. The second-order valence-corrected chi connectivity index (χ2v) is 9.63. The molecule has 0 rings (SSSR count). The van der Waals surface area contributed by atoms with Crippen LogP contribution in [0, 0.1) is 0 Å². The molecular weight excluding hydrogens is 518 g/mol. The monoisotopic (exact) mass is 561 g/mol. The Balaban J connectivity index is 5.56. The minimum Gasteiger partial charge on any atom is -0.480 e. The third-order valence-electron chi connectivity index (χ3n) is 5.42. The van der Waals surface area contributed by atoms with Crippen molar-refractivity contribution in [3.05, 3.63) is 0 Å². The average Bonchev–Trinajstić information content (AvgIpc) is 2.85. The van der Waals surface area contributed by atoms with Crippen LogP contribution < -0.4 is 44.6 Å². The van der Waals surface area contributed by atoms with E-state index < -0.39 is 53.8 Å². The lowest BCUT2D eigenvalue weighted by Gasteiger charge is -2.25. The second kappa shape index (κ2) is 19.9. The van der Waals surface area contributed by atoms with Crippen molar-refractivity contribution in [2.45, 2.75) is 75.5 Å². The Kier molecular flexibility index (Phi) is 18.3. The quantitative estimate of drug-likeness (QED) is 0.0388. The highest BCUT2D eigenvalue weighted by atomic mass is 32.2. The molecule has 0 spiro atoms. The maximum absolute atomic E-state index is 13.1. The molecule has 4 amide bonds. The zero-order valence-corrected chi connectivity index (χ0v) is 22.6. The number of carbonyl (C=O) groups is 5. The van der Waals surface area contributed by atoms with Gasteiger partial charge in [0.25, 0.3) is 0 Å². The molecule has 0 aromatic carbocycles. The van der Waals surface area contributed by atoms with E-state index >= 15 is 0 Å². The van der Waals surface area contributed by atoms with Crippen LogP contribution in [0.3, 0.4) is 0 Å². The van der Waals surface area contributed by atoms with Crippen LogP contribution in [0.15, 0.2) is 4.99 Å². The lowest BCUT2D eigenvalue weighted by Crippen LogP contribution is -2.57. The fourth-order valence-electron chi connectivity index (χ4n) is 3.28. The topological polar surface area (TPSA) is 284 Å². The molecule has 0 aromatic heterocycles. The zero-order valence-electron chi connectivity index (χ0n) is 21.8. The van der Waals surface area contributed by atoms with E-state index in [0.29, 0.717) is 31.6 Å². The number of aliphatic imine (C=N–C) groups is 1. The summed E-state index contributed by atoms with van der Waals surface area (Å²) in [5.41, 5.74) is 27.0. The molecule has 0 bridgehead atoms. The maximum Gasteiger partial charge on any atom is 0.326 e. The minimum absolute atomic E-state index is 0.00852. The second-order valence-electron chi connectivity index (χ2n) is 8.65. The number of carboxylic acid groups (broad SMARTS) is 1. The van der Waals surface area contributed by atoms with Gasteiger partial charge in [0.15, 0.2) is 5.96 Å². The molecule has 4 unspecified atom stereocenters. The summed E-state index contributed by atoms with van der Waals surface area (Å²) < 4.78 is 0. The van der Waals surface area contributed by atoms with E-state index in [0.717, 1.165) is 0 Å². The van der Waals surface area contributed by atoms with Gasteiger partial charge in [-0.3, -0.25) is 24.2 Å². The van der Waals surface area contributed by atoms with Crippen molar-refractivity contribution in [2.24, 2.45) is 33.7 Å². The third-order valence-corrected chi connectivity index (χ3v) is 6.07. The summed E-state index contributed by atoms with van der Waals surface area (Å²) in [6, 6.07) is -4.37. The number of amides is 4. The van der Waals surface area contributed by atoms with Crippen molar-refractivity contribution < 1.29 is 29.1 Å². The van der Waals surface area contributed by atoms with E-state index in [9.17, 15) is 29.1 Å². The summed E-state index contributed by atoms with van der Waals surface area (Å²) in [4.78, 5) is 65.1. The Hall–Kier alpha value is -3.11. The van der Waals surface area contributed by atoms with Crippen molar-refractivity contribution in [3.63, 3.8) is 0 Å². The van der Waals surface area contributed by atoms with Gasteiger partial charge in [-0.1, -0.05) is 0 Å². The van der Waals surface area contributed by atoms with Gasteiger partial charge >= 0.3 is 5.97 Å². The Morgan fingerprint density at radius 2 is 1.37 bits per heavy atom. The SMILES string of the molecule is CSCCC(NC(=O)C(N)CCC(N)=O)C(=O)NC(CCCN=C(N)N)C(=O)NC(CCCCN)C(=O)O. The van der Waals surface area contributed by atoms with Gasteiger partial charge in [0.05, 0.1) is 6.04 Å². The fourth-order valence-corrected chi connectivity index (χ4v) is 3.75. The van der Waals surface area contributed by atoms with E-state index in [1.54, 1.807) is 0 Å². The first-order chi connectivity index (χ1) is 17.9. The number of hydrogen-bond acceptors (Lipinski definition) is 9. The smallest absolute Gasteiger partial charge is 0.326 e. The molecule has 0 aliphatic rings. The number of nitrogens with one attached hydrogen (secondary N) is 3. The van der Waals surface area contributed by atoms with Gasteiger partial charge in [-0.2, -0.15) is 11.8 Å². The highest BCUT2D eigenvalue weighted by Crippen LogP contribution is 2.07. The number of guanidine groups is 1. The average molecular weight is 562 g/mol. The highest BCUT2D eigenvalue weighted by molar-refractivity contribution is 7.98. The summed E-state index contributed by atoms with van der Waals surface area (Å²) in [5.74, 6) is -3.43. The third kappa shape index (κ3) is 15.9. The molecule has 0 heterocycles. The number of aliphatic carboxylic acids is 1. The van der Waals surface area contributed by atoms with E-state index in [-0.39, 0.29) is 44.6 Å². The van der Waals surface area contributed by atoms with Gasteiger partial charge in [0, 0.05) is 13.0 Å². The highest BCUT2D eigenvalue weighted by Gasteiger charge is 2.30. The van der Waals surface area contributed by atoms with Crippen LogP contribution in [-0.2, 0) is 24.0 Å². The van der Waals surface area contributed by atoms with Gasteiger partial charge in [-0.25, -0.2) is 4.79 Å². The zero-order chi connectivity index (χ0) is 29.1. The number of hydrogen-bond donors (Lipinski definition) is 9. The van der Waals surface area contributed by atoms with Crippen LogP contribution in [0.25, 0.3) is 0 Å². The van der Waals surface area contributed by atoms with Crippen molar-refractivity contribution in [2.75, 3.05) is 25.1 Å². The number of unbranched alkanes of at least 4 members (excludes halogenated alkanes) is 1. The molecule has 15 nitrogen and oxygen atoms in total. The number of primary amides is 1. The predicted molar refractivity (Wildman–Crippen MR) is 146 cm³/mol. The minimum atomic E-state index is -1.21. The molecule has 0 aromatic rings. The van der Waals surface area contributed by atoms with Gasteiger partial charge in [-0.05, 0) is 63.5 Å². The van der Waals surface area contributed by atoms with Crippen LogP contribution in [0.4, 0.5) is 0 Å². The predicted octanol–water partition coefficient (Wildman–Crippen LogP) is -2.95. The summed E-state index contributed by atoms with van der Waals surface area (Å²) >= 11 is 1.45. The Morgan fingerprint density at radius 3 is 1.89 bits per heavy atom. The Labute approximate surface area is 226 Å². The van der Waals surface area contributed by atoms with Crippen molar-refractivity contribution in [1.29, 1.82) is 0 Å². The molecular formula is C22H43N9O6S. The number of carbonyl (C=O) groups excluding carboxylic acids is 4. The van der Waals surface area contributed by atoms with Crippen LogP contribution in [0.5, 0.6) is 0 Å². The van der Waals surface area contributed by atoms with Crippen molar-refractivity contribution >= 4 is 47.3 Å². The maximum atomic E-state index is 13.1. The van der Waals surface area contributed by atoms with Crippen molar-refractivity contribution in [1.82, 2.24) is 16.0 Å². The van der Waals surface area contributed by atoms with Gasteiger partial charge in [0.2, 0.25) is 23.6 Å². The molecule has 16 heteroatoms. The molecule has 14 N–H and O–H groups in total. The van der Waals surface area contributed by atoms with E-state index in [1.165, 1.54) is 11.8 Å². The van der Waals surface area contributed by atoms with Crippen LogP contribution in [0.1, 0.15) is 51.4 Å². The molecule has 0 saturated heterocycles. The number of carboxylic acids is 1. The Morgan fingerprint density at radius 1 is 0.816 bits per heavy atom. The van der Waals surface area contributed by atoms with Crippen LogP contribution >= 0.6 is 11.8 Å². The molecule has 0 radical (unpaired) electrons. The first-order valence-corrected chi connectivity index (χ1v) is 13.7. The summed E-state index contributed by atoms with van der Waals surface area (Å²) in [6.07, 6.45) is 3.64. The standard InChI is InChI=1S/C22H43N9O6S/c1-38-12-9-15(29-18(33)13(24)7-8-17(25)32)20(35)30-14(6-4-11-28-22(26)27)19(34)31-16(21(36)37)5-2-3-10-23/h13-16H,2-12,23-24H2,1H3,(H2,25,32)(H,29,33)(H,30,35)(H,31,34)(H,36,37)(H4,26,27,28). The van der Waals surface area contributed by atoms with Crippen LogP contribution in [0.2, 0.25) is 0 Å². The molecule has 0 saturated carbocycles.